The van der Waals surface area contributed by atoms with Crippen LogP contribution < -0.4 is 10.1 Å². The lowest BCUT2D eigenvalue weighted by molar-refractivity contribution is -0.123. The number of benzene rings is 1. The van der Waals surface area contributed by atoms with Crippen molar-refractivity contribution in [2.45, 2.75) is 57.9 Å². The molecule has 21 heavy (non-hydrogen) atoms. The highest BCUT2D eigenvalue weighted by Gasteiger charge is 2.20. The molecule has 3 nitrogen and oxygen atoms in total. The van der Waals surface area contributed by atoms with E-state index in [1.807, 2.05) is 32.0 Å². The number of hydrogen-bond donors (Lipinski definition) is 1. The Kier molecular flexibility index (Phi) is 5.92. The second-order valence-electron chi connectivity index (χ2n) is 6.03. The molecule has 0 atom stereocenters. The van der Waals surface area contributed by atoms with Gasteiger partial charge in [0, 0.05) is 11.1 Å². The van der Waals surface area contributed by atoms with Gasteiger partial charge in [-0.1, -0.05) is 30.9 Å². The fraction of sp³-hybridized carbons (Fsp3) is 0.588. The van der Waals surface area contributed by atoms with Crippen molar-refractivity contribution in [1.82, 2.24) is 5.32 Å². The Bertz CT molecular complexity index is 482. The molecule has 0 radical (unpaired) electrons. The minimum absolute atomic E-state index is 0.0551. The lowest BCUT2D eigenvalue weighted by Gasteiger charge is -2.24. The molecule has 1 fully saturated rings. The highest BCUT2D eigenvalue weighted by Crippen LogP contribution is 2.38. The maximum Gasteiger partial charge on any atom is 0.258 e. The number of nitrogens with one attached hydrogen (secondary N) is 1. The van der Waals surface area contributed by atoms with Crippen molar-refractivity contribution >= 4 is 17.5 Å². The lowest BCUT2D eigenvalue weighted by Crippen LogP contribution is -2.34. The first-order valence-electron chi connectivity index (χ1n) is 7.78. The highest BCUT2D eigenvalue weighted by molar-refractivity contribution is 6.30. The van der Waals surface area contributed by atoms with Crippen LogP contribution in [0.3, 0.4) is 0 Å². The zero-order chi connectivity index (χ0) is 15.2. The molecule has 0 saturated heterocycles. The number of rotatable bonds is 5. The van der Waals surface area contributed by atoms with Crippen LogP contribution in [0.4, 0.5) is 0 Å². The van der Waals surface area contributed by atoms with E-state index >= 15 is 0 Å². The zero-order valence-corrected chi connectivity index (χ0v) is 13.6. The molecule has 0 aliphatic heterocycles. The summed E-state index contributed by atoms with van der Waals surface area (Å²) < 4.78 is 5.74. The number of amides is 1. The fourth-order valence-corrected chi connectivity index (χ4v) is 3.07. The Balaban J connectivity index is 2.06. The van der Waals surface area contributed by atoms with Crippen LogP contribution in [-0.2, 0) is 4.79 Å². The third-order valence-corrected chi connectivity index (χ3v) is 4.06. The molecule has 2 rings (SSSR count). The summed E-state index contributed by atoms with van der Waals surface area (Å²) in [5, 5.41) is 3.56. The minimum Gasteiger partial charge on any atom is -0.483 e. The maximum atomic E-state index is 11.7. The minimum atomic E-state index is -0.0884. The van der Waals surface area contributed by atoms with Gasteiger partial charge in [-0.2, -0.15) is 0 Å². The molecule has 0 bridgehead atoms. The number of ether oxygens (including phenoxy) is 1. The molecule has 0 spiro atoms. The predicted molar refractivity (Wildman–Crippen MR) is 86.1 cm³/mol. The fourth-order valence-electron chi connectivity index (χ4n) is 2.89. The average molecular weight is 310 g/mol. The number of halogens is 1. The van der Waals surface area contributed by atoms with E-state index in [1.165, 1.54) is 32.1 Å². The van der Waals surface area contributed by atoms with Crippen molar-refractivity contribution < 1.29 is 9.53 Å². The van der Waals surface area contributed by atoms with Crippen LogP contribution in [0.5, 0.6) is 5.75 Å². The molecule has 116 valence electrons. The van der Waals surface area contributed by atoms with Gasteiger partial charge in [0.15, 0.2) is 6.61 Å². The molecule has 1 aromatic carbocycles. The molecule has 0 aromatic heterocycles. The predicted octanol–water partition coefficient (Wildman–Crippen LogP) is 4.29. The first-order valence-corrected chi connectivity index (χ1v) is 8.15. The van der Waals surface area contributed by atoms with E-state index in [9.17, 15) is 4.79 Å². The van der Waals surface area contributed by atoms with Crippen molar-refractivity contribution in [3.8, 4) is 5.75 Å². The maximum absolute atomic E-state index is 11.7. The molecule has 1 aromatic rings. The first-order chi connectivity index (χ1) is 10.1. The van der Waals surface area contributed by atoms with E-state index in [2.05, 4.69) is 5.32 Å². The summed E-state index contributed by atoms with van der Waals surface area (Å²) in [7, 11) is 0. The van der Waals surface area contributed by atoms with E-state index in [0.29, 0.717) is 5.92 Å². The number of carbonyl (C=O) groups is 1. The number of carbonyl (C=O) groups excluding carboxylic acids is 1. The standard InChI is InChI=1S/C17H24ClNO2/c1-12(2)19-17(20)11-21-16-9-8-14(18)10-15(16)13-6-4-3-5-7-13/h8-10,12-13H,3-7,11H2,1-2H3,(H,19,20). The third kappa shape index (κ3) is 4.92. The van der Waals surface area contributed by atoms with Gasteiger partial charge < -0.3 is 10.1 Å². The van der Waals surface area contributed by atoms with Gasteiger partial charge in [0.2, 0.25) is 0 Å². The largest absolute Gasteiger partial charge is 0.483 e. The lowest BCUT2D eigenvalue weighted by atomic mass is 9.84. The number of hydrogen-bond acceptors (Lipinski definition) is 2. The normalized spacial score (nSPS) is 16.0. The van der Waals surface area contributed by atoms with Crippen LogP contribution in [-0.4, -0.2) is 18.6 Å². The molecular weight excluding hydrogens is 286 g/mol. The summed E-state index contributed by atoms with van der Waals surface area (Å²) in [6, 6.07) is 5.83. The van der Waals surface area contributed by atoms with Crippen LogP contribution >= 0.6 is 11.6 Å². The summed E-state index contributed by atoms with van der Waals surface area (Å²) in [5.41, 5.74) is 1.15. The monoisotopic (exact) mass is 309 g/mol. The van der Waals surface area contributed by atoms with Gasteiger partial charge in [0.25, 0.3) is 5.91 Å². The highest BCUT2D eigenvalue weighted by atomic mass is 35.5. The van der Waals surface area contributed by atoms with Crippen molar-refractivity contribution in [3.63, 3.8) is 0 Å². The quantitative estimate of drug-likeness (QED) is 0.881. The molecule has 4 heteroatoms. The second kappa shape index (κ2) is 7.69. The van der Waals surface area contributed by atoms with E-state index in [4.69, 9.17) is 16.3 Å². The third-order valence-electron chi connectivity index (χ3n) is 3.83. The summed E-state index contributed by atoms with van der Waals surface area (Å²) in [6.45, 7) is 3.93. The Labute approximate surface area is 132 Å². The molecule has 0 unspecified atom stereocenters. The molecule has 1 saturated carbocycles. The van der Waals surface area contributed by atoms with E-state index in [0.717, 1.165) is 16.3 Å². The van der Waals surface area contributed by atoms with Crippen LogP contribution in [0.15, 0.2) is 18.2 Å². The summed E-state index contributed by atoms with van der Waals surface area (Å²) in [5.74, 6) is 1.21. The van der Waals surface area contributed by atoms with Crippen LogP contribution in [0.25, 0.3) is 0 Å². The topological polar surface area (TPSA) is 38.3 Å². The van der Waals surface area contributed by atoms with Gasteiger partial charge in [0.05, 0.1) is 0 Å². The second-order valence-corrected chi connectivity index (χ2v) is 6.46. The van der Waals surface area contributed by atoms with Crippen molar-refractivity contribution in [2.24, 2.45) is 0 Å². The van der Waals surface area contributed by atoms with Crippen LogP contribution in [0, 0.1) is 0 Å². The van der Waals surface area contributed by atoms with Crippen LogP contribution in [0.1, 0.15) is 57.4 Å². The first kappa shape index (κ1) is 16.2. The van der Waals surface area contributed by atoms with Crippen molar-refractivity contribution in [3.05, 3.63) is 28.8 Å². The average Bonchev–Trinajstić information content (AvgIpc) is 2.46. The van der Waals surface area contributed by atoms with Crippen molar-refractivity contribution in [1.29, 1.82) is 0 Å². The molecule has 1 amide bonds. The summed E-state index contributed by atoms with van der Waals surface area (Å²) >= 11 is 6.13. The van der Waals surface area contributed by atoms with E-state index in [1.54, 1.807) is 0 Å². The Morgan fingerprint density at radius 2 is 2.05 bits per heavy atom. The van der Waals surface area contributed by atoms with Gasteiger partial charge in [-0.25, -0.2) is 0 Å². The van der Waals surface area contributed by atoms with Crippen molar-refractivity contribution in [2.75, 3.05) is 6.61 Å². The summed E-state index contributed by atoms with van der Waals surface area (Å²) in [4.78, 5) is 11.7. The summed E-state index contributed by atoms with van der Waals surface area (Å²) in [6.07, 6.45) is 6.17. The Hall–Kier alpha value is -1.22. The molecule has 0 heterocycles. The van der Waals surface area contributed by atoms with Crippen LogP contribution in [0.2, 0.25) is 5.02 Å². The van der Waals surface area contributed by atoms with Gasteiger partial charge in [-0.3, -0.25) is 4.79 Å². The zero-order valence-electron chi connectivity index (χ0n) is 12.8. The molecule has 1 aliphatic carbocycles. The van der Waals surface area contributed by atoms with Gasteiger partial charge in [-0.15, -0.1) is 0 Å². The van der Waals surface area contributed by atoms with E-state index < -0.39 is 0 Å². The molecular formula is C17H24ClNO2. The smallest absolute Gasteiger partial charge is 0.258 e. The van der Waals surface area contributed by atoms with E-state index in [-0.39, 0.29) is 18.6 Å². The Morgan fingerprint density at radius 1 is 1.33 bits per heavy atom. The Morgan fingerprint density at radius 3 is 2.71 bits per heavy atom. The SMILES string of the molecule is CC(C)NC(=O)COc1ccc(Cl)cc1C1CCCCC1. The van der Waals surface area contributed by atoms with Gasteiger partial charge >= 0.3 is 0 Å². The molecule has 1 N–H and O–H groups in total. The van der Waals surface area contributed by atoms with Gasteiger partial charge in [-0.05, 0) is 56.4 Å². The van der Waals surface area contributed by atoms with Gasteiger partial charge in [0.1, 0.15) is 5.75 Å². The molecule has 1 aliphatic rings.